The van der Waals surface area contributed by atoms with Gasteiger partial charge in [-0.15, -0.1) is 0 Å². The van der Waals surface area contributed by atoms with E-state index in [0.717, 1.165) is 36.1 Å². The highest BCUT2D eigenvalue weighted by Gasteiger charge is 2.12. The molecule has 0 aromatic heterocycles. The zero-order chi connectivity index (χ0) is 12.1. The Hall–Kier alpha value is -0.960. The molecule has 1 aliphatic heterocycles. The van der Waals surface area contributed by atoms with Gasteiger partial charge in [0.25, 0.3) is 0 Å². The summed E-state index contributed by atoms with van der Waals surface area (Å²) in [7, 11) is 0. The minimum atomic E-state index is 0.350. The third-order valence-corrected chi connectivity index (χ3v) is 3.25. The Bertz CT molecular complexity index is 413. The third-order valence-electron chi connectivity index (χ3n) is 2.85. The summed E-state index contributed by atoms with van der Waals surface area (Å²) in [5, 5.41) is 1.04. The molecular formula is C14H17BrO2. The topological polar surface area (TPSA) is 18.5 Å². The van der Waals surface area contributed by atoms with Crippen LogP contribution in [0.4, 0.5) is 0 Å². The van der Waals surface area contributed by atoms with Crippen LogP contribution in [0, 0.1) is 0 Å². The summed E-state index contributed by atoms with van der Waals surface area (Å²) in [5.41, 5.74) is 2.75. The van der Waals surface area contributed by atoms with E-state index in [1.807, 2.05) is 6.07 Å². The van der Waals surface area contributed by atoms with Crippen molar-refractivity contribution in [3.63, 3.8) is 0 Å². The van der Waals surface area contributed by atoms with E-state index in [9.17, 15) is 0 Å². The minimum absolute atomic E-state index is 0.350. The van der Waals surface area contributed by atoms with Crippen molar-refractivity contribution < 1.29 is 9.47 Å². The summed E-state index contributed by atoms with van der Waals surface area (Å²) in [4.78, 5) is 0. The SMILES string of the molecule is C/C(=C\CCc1ccc2c(c1)OCO2)CCBr. The lowest BCUT2D eigenvalue weighted by Gasteiger charge is -2.02. The number of aryl methyl sites for hydroxylation is 1. The van der Waals surface area contributed by atoms with Crippen molar-refractivity contribution in [1.29, 1.82) is 0 Å². The van der Waals surface area contributed by atoms with Gasteiger partial charge in [-0.05, 0) is 43.9 Å². The molecule has 2 rings (SSSR count). The molecule has 0 unspecified atom stereocenters. The van der Waals surface area contributed by atoms with E-state index in [-0.39, 0.29) is 0 Å². The first-order valence-electron chi connectivity index (χ1n) is 5.89. The molecule has 2 nitrogen and oxygen atoms in total. The highest BCUT2D eigenvalue weighted by atomic mass is 79.9. The summed E-state index contributed by atoms with van der Waals surface area (Å²) in [5.74, 6) is 1.74. The molecule has 3 heteroatoms. The monoisotopic (exact) mass is 296 g/mol. The molecule has 1 heterocycles. The maximum Gasteiger partial charge on any atom is 0.231 e. The number of halogens is 1. The fraction of sp³-hybridized carbons (Fsp3) is 0.429. The van der Waals surface area contributed by atoms with Crippen LogP contribution >= 0.6 is 15.9 Å². The molecule has 1 aromatic rings. The minimum Gasteiger partial charge on any atom is -0.454 e. The van der Waals surface area contributed by atoms with Crippen LogP contribution in [0.1, 0.15) is 25.3 Å². The third kappa shape index (κ3) is 3.50. The smallest absolute Gasteiger partial charge is 0.231 e. The van der Waals surface area contributed by atoms with Crippen molar-refractivity contribution in [2.75, 3.05) is 12.1 Å². The first-order valence-corrected chi connectivity index (χ1v) is 7.02. The van der Waals surface area contributed by atoms with E-state index in [1.165, 1.54) is 11.1 Å². The van der Waals surface area contributed by atoms with Crippen LogP contribution in [-0.4, -0.2) is 12.1 Å². The lowest BCUT2D eigenvalue weighted by Crippen LogP contribution is -1.92. The molecule has 0 saturated heterocycles. The van der Waals surface area contributed by atoms with Crippen molar-refractivity contribution in [2.45, 2.75) is 26.2 Å². The molecule has 0 atom stereocenters. The van der Waals surface area contributed by atoms with E-state index in [4.69, 9.17) is 9.47 Å². The summed E-state index contributed by atoms with van der Waals surface area (Å²) in [6.07, 6.45) is 5.57. The number of benzene rings is 1. The second-order valence-corrected chi connectivity index (χ2v) is 5.01. The summed E-state index contributed by atoms with van der Waals surface area (Å²) >= 11 is 3.45. The fourth-order valence-electron chi connectivity index (χ4n) is 1.83. The highest BCUT2D eigenvalue weighted by molar-refractivity contribution is 9.09. The molecule has 0 fully saturated rings. The Morgan fingerprint density at radius 1 is 1.35 bits per heavy atom. The van der Waals surface area contributed by atoms with Crippen LogP contribution in [0.25, 0.3) is 0 Å². The zero-order valence-electron chi connectivity index (χ0n) is 10.0. The molecule has 0 saturated carbocycles. The van der Waals surface area contributed by atoms with Gasteiger partial charge in [0.1, 0.15) is 0 Å². The van der Waals surface area contributed by atoms with Crippen molar-refractivity contribution in [3.8, 4) is 11.5 Å². The van der Waals surface area contributed by atoms with Gasteiger partial charge < -0.3 is 9.47 Å². The van der Waals surface area contributed by atoms with E-state index < -0.39 is 0 Å². The average molecular weight is 297 g/mol. The van der Waals surface area contributed by atoms with Crippen LogP contribution in [-0.2, 0) is 6.42 Å². The zero-order valence-corrected chi connectivity index (χ0v) is 11.6. The maximum absolute atomic E-state index is 5.36. The molecule has 0 aliphatic carbocycles. The van der Waals surface area contributed by atoms with Crippen LogP contribution in [0.15, 0.2) is 29.8 Å². The average Bonchev–Trinajstić information content (AvgIpc) is 2.76. The number of alkyl halides is 1. The molecular weight excluding hydrogens is 280 g/mol. The number of fused-ring (bicyclic) bond motifs is 1. The van der Waals surface area contributed by atoms with Crippen molar-refractivity contribution in [3.05, 3.63) is 35.4 Å². The molecule has 1 aromatic carbocycles. The number of allylic oxidation sites excluding steroid dienone is 2. The van der Waals surface area contributed by atoms with Crippen molar-refractivity contribution in [2.24, 2.45) is 0 Å². The van der Waals surface area contributed by atoms with Gasteiger partial charge in [-0.3, -0.25) is 0 Å². The predicted octanol–water partition coefficient (Wildman–Crippen LogP) is 4.08. The van der Waals surface area contributed by atoms with Gasteiger partial charge in [0.15, 0.2) is 11.5 Å². The summed E-state index contributed by atoms with van der Waals surface area (Å²) in [6.45, 7) is 2.53. The number of hydrogen-bond acceptors (Lipinski definition) is 2. The molecule has 92 valence electrons. The Morgan fingerprint density at radius 3 is 3.00 bits per heavy atom. The fourth-order valence-corrected chi connectivity index (χ4v) is 2.46. The first-order chi connectivity index (χ1) is 8.29. The number of rotatable bonds is 5. The van der Waals surface area contributed by atoms with E-state index >= 15 is 0 Å². The second-order valence-electron chi connectivity index (χ2n) is 4.22. The van der Waals surface area contributed by atoms with Crippen LogP contribution in [0.2, 0.25) is 0 Å². The highest BCUT2D eigenvalue weighted by Crippen LogP contribution is 2.32. The Morgan fingerprint density at radius 2 is 2.18 bits per heavy atom. The maximum atomic E-state index is 5.36. The van der Waals surface area contributed by atoms with Gasteiger partial charge in [0.05, 0.1) is 0 Å². The van der Waals surface area contributed by atoms with Gasteiger partial charge in [0.2, 0.25) is 6.79 Å². The van der Waals surface area contributed by atoms with E-state index in [0.29, 0.717) is 6.79 Å². The van der Waals surface area contributed by atoms with Gasteiger partial charge in [-0.25, -0.2) is 0 Å². The Kier molecular flexibility index (Phi) is 4.49. The molecule has 0 radical (unpaired) electrons. The molecule has 0 bridgehead atoms. The molecule has 0 spiro atoms. The van der Waals surface area contributed by atoms with Crippen LogP contribution < -0.4 is 9.47 Å². The van der Waals surface area contributed by atoms with E-state index in [2.05, 4.69) is 41.1 Å². The Balaban J connectivity index is 1.89. The number of ether oxygens (including phenoxy) is 2. The van der Waals surface area contributed by atoms with Gasteiger partial charge in [0, 0.05) is 5.33 Å². The quantitative estimate of drug-likeness (QED) is 0.602. The second kappa shape index (κ2) is 6.10. The molecule has 1 aliphatic rings. The summed E-state index contributed by atoms with van der Waals surface area (Å²) < 4.78 is 10.6. The summed E-state index contributed by atoms with van der Waals surface area (Å²) in [6, 6.07) is 6.18. The van der Waals surface area contributed by atoms with Crippen molar-refractivity contribution >= 4 is 15.9 Å². The Labute approximate surface area is 111 Å². The predicted molar refractivity (Wildman–Crippen MR) is 73.1 cm³/mol. The normalized spacial score (nSPS) is 14.1. The largest absolute Gasteiger partial charge is 0.454 e. The van der Waals surface area contributed by atoms with Gasteiger partial charge >= 0.3 is 0 Å². The van der Waals surface area contributed by atoms with Gasteiger partial charge in [-0.1, -0.05) is 33.6 Å². The lowest BCUT2D eigenvalue weighted by atomic mass is 10.1. The lowest BCUT2D eigenvalue weighted by molar-refractivity contribution is 0.174. The number of hydrogen-bond donors (Lipinski definition) is 0. The molecule has 0 amide bonds. The van der Waals surface area contributed by atoms with Gasteiger partial charge in [-0.2, -0.15) is 0 Å². The molecule has 17 heavy (non-hydrogen) atoms. The first kappa shape index (κ1) is 12.5. The molecule has 0 N–H and O–H groups in total. The van der Waals surface area contributed by atoms with Crippen LogP contribution in [0.3, 0.4) is 0 Å². The van der Waals surface area contributed by atoms with Crippen molar-refractivity contribution in [1.82, 2.24) is 0 Å². The van der Waals surface area contributed by atoms with E-state index in [1.54, 1.807) is 0 Å². The van der Waals surface area contributed by atoms with Crippen LogP contribution in [0.5, 0.6) is 11.5 Å². The standard InChI is InChI=1S/C14H17BrO2/c1-11(7-8-15)3-2-4-12-5-6-13-14(9-12)17-10-16-13/h3,5-6,9H,2,4,7-8,10H2,1H3/b11-3+.